The van der Waals surface area contributed by atoms with Crippen LogP contribution in [0.5, 0.6) is 0 Å². The minimum absolute atomic E-state index is 0.0497. The van der Waals surface area contributed by atoms with Gasteiger partial charge in [-0.05, 0) is 30.2 Å². The second-order valence-corrected chi connectivity index (χ2v) is 7.49. The minimum atomic E-state index is 0.0497. The number of rotatable bonds is 7. The SMILES string of the molecule is CN=C(NCc1ccc(Br)cc1C)N1CCN(CC(=O)NCCOC)CC1. The molecule has 1 aromatic carbocycles. The number of nitrogens with zero attached hydrogens (tertiary/aromatic N) is 3. The van der Waals surface area contributed by atoms with Gasteiger partial charge in [-0.1, -0.05) is 22.0 Å². The number of hydrogen-bond donors (Lipinski definition) is 2. The summed E-state index contributed by atoms with van der Waals surface area (Å²) in [5.74, 6) is 0.954. The lowest BCUT2D eigenvalue weighted by atomic mass is 10.1. The maximum atomic E-state index is 11.9. The number of methoxy groups -OCH3 is 1. The Balaban J connectivity index is 1.77. The van der Waals surface area contributed by atoms with Crippen LogP contribution in [0.3, 0.4) is 0 Å². The van der Waals surface area contributed by atoms with Crippen LogP contribution in [0.25, 0.3) is 0 Å². The fraction of sp³-hybridized carbons (Fsp3) is 0.579. The van der Waals surface area contributed by atoms with E-state index in [1.807, 2.05) is 7.05 Å². The molecule has 1 heterocycles. The average Bonchev–Trinajstić information content (AvgIpc) is 2.65. The molecule has 0 atom stereocenters. The van der Waals surface area contributed by atoms with E-state index in [1.165, 1.54) is 11.1 Å². The Kier molecular flexibility index (Phi) is 9.03. The van der Waals surface area contributed by atoms with Gasteiger partial charge < -0.3 is 20.3 Å². The summed E-state index contributed by atoms with van der Waals surface area (Å²) in [7, 11) is 3.44. The maximum Gasteiger partial charge on any atom is 0.234 e. The third-order valence-corrected chi connectivity index (χ3v) is 5.11. The lowest BCUT2D eigenvalue weighted by Crippen LogP contribution is -2.54. The van der Waals surface area contributed by atoms with Crippen LogP contribution >= 0.6 is 15.9 Å². The molecule has 0 unspecified atom stereocenters. The third kappa shape index (κ3) is 7.12. The number of piperazine rings is 1. The van der Waals surface area contributed by atoms with Crippen molar-refractivity contribution >= 4 is 27.8 Å². The summed E-state index contributed by atoms with van der Waals surface area (Å²) < 4.78 is 6.04. The zero-order valence-electron chi connectivity index (χ0n) is 16.4. The monoisotopic (exact) mass is 439 g/mol. The van der Waals surface area contributed by atoms with E-state index in [0.717, 1.165) is 43.2 Å². The van der Waals surface area contributed by atoms with Crippen molar-refractivity contribution in [2.45, 2.75) is 13.5 Å². The molecule has 1 aromatic rings. The highest BCUT2D eigenvalue weighted by molar-refractivity contribution is 9.10. The van der Waals surface area contributed by atoms with Crippen LogP contribution in [0.4, 0.5) is 0 Å². The summed E-state index contributed by atoms with van der Waals surface area (Å²) in [5.41, 5.74) is 2.50. The Morgan fingerprint density at radius 2 is 2.00 bits per heavy atom. The zero-order valence-corrected chi connectivity index (χ0v) is 18.0. The average molecular weight is 440 g/mol. The normalized spacial score (nSPS) is 15.7. The summed E-state index contributed by atoms with van der Waals surface area (Å²) in [6.45, 7) is 7.78. The first-order chi connectivity index (χ1) is 13.0. The molecule has 1 aliphatic rings. The fourth-order valence-corrected chi connectivity index (χ4v) is 3.51. The van der Waals surface area contributed by atoms with Crippen LogP contribution in [0.1, 0.15) is 11.1 Å². The third-order valence-electron chi connectivity index (χ3n) is 4.62. The van der Waals surface area contributed by atoms with Gasteiger partial charge in [0.1, 0.15) is 0 Å². The molecular weight excluding hydrogens is 410 g/mol. The summed E-state index contributed by atoms with van der Waals surface area (Å²) in [5, 5.41) is 6.32. The zero-order chi connectivity index (χ0) is 19.6. The number of carbonyl (C=O) groups is 1. The van der Waals surface area contributed by atoms with Crippen LogP contribution < -0.4 is 10.6 Å². The molecule has 27 heavy (non-hydrogen) atoms. The van der Waals surface area contributed by atoms with E-state index in [2.05, 4.69) is 66.5 Å². The number of halogens is 1. The largest absolute Gasteiger partial charge is 0.383 e. The van der Waals surface area contributed by atoms with E-state index in [-0.39, 0.29) is 5.91 Å². The molecule has 1 saturated heterocycles. The Morgan fingerprint density at radius 3 is 2.63 bits per heavy atom. The molecule has 1 aliphatic heterocycles. The van der Waals surface area contributed by atoms with E-state index < -0.39 is 0 Å². The molecule has 2 N–H and O–H groups in total. The molecule has 1 fully saturated rings. The summed E-state index contributed by atoms with van der Waals surface area (Å²) in [6.07, 6.45) is 0. The van der Waals surface area contributed by atoms with Crippen molar-refractivity contribution < 1.29 is 9.53 Å². The maximum absolute atomic E-state index is 11.9. The standard InChI is InChI=1S/C19H30BrN5O2/c1-15-12-17(20)5-4-16(15)13-23-19(21-2)25-9-7-24(8-10-25)14-18(26)22-6-11-27-3/h4-5,12H,6-11,13-14H2,1-3H3,(H,21,23)(H,22,26). The molecule has 0 aliphatic carbocycles. The van der Waals surface area contributed by atoms with Gasteiger partial charge in [-0.2, -0.15) is 0 Å². The van der Waals surface area contributed by atoms with Crippen LogP contribution in [0.15, 0.2) is 27.7 Å². The van der Waals surface area contributed by atoms with E-state index in [9.17, 15) is 4.79 Å². The lowest BCUT2D eigenvalue weighted by Gasteiger charge is -2.36. The van der Waals surface area contributed by atoms with Crippen molar-refractivity contribution in [3.63, 3.8) is 0 Å². The second-order valence-electron chi connectivity index (χ2n) is 6.58. The van der Waals surface area contributed by atoms with E-state index in [1.54, 1.807) is 7.11 Å². The predicted octanol–water partition coefficient (Wildman–Crippen LogP) is 1.21. The van der Waals surface area contributed by atoms with Gasteiger partial charge in [0, 0.05) is 57.9 Å². The highest BCUT2D eigenvalue weighted by Gasteiger charge is 2.21. The van der Waals surface area contributed by atoms with E-state index in [0.29, 0.717) is 19.7 Å². The van der Waals surface area contributed by atoms with Crippen molar-refractivity contribution in [1.29, 1.82) is 0 Å². The summed E-state index contributed by atoms with van der Waals surface area (Å²) in [4.78, 5) is 20.7. The molecule has 7 nitrogen and oxygen atoms in total. The van der Waals surface area contributed by atoms with Crippen molar-refractivity contribution in [2.24, 2.45) is 4.99 Å². The number of amides is 1. The van der Waals surface area contributed by atoms with Gasteiger partial charge in [0.05, 0.1) is 13.2 Å². The number of ether oxygens (including phenoxy) is 1. The van der Waals surface area contributed by atoms with Crippen molar-refractivity contribution in [1.82, 2.24) is 20.4 Å². The van der Waals surface area contributed by atoms with E-state index in [4.69, 9.17) is 4.74 Å². The number of carbonyl (C=O) groups excluding carboxylic acids is 1. The Morgan fingerprint density at radius 1 is 1.26 bits per heavy atom. The molecule has 0 aromatic heterocycles. The van der Waals surface area contributed by atoms with Gasteiger partial charge in [0.25, 0.3) is 0 Å². The molecule has 2 rings (SSSR count). The van der Waals surface area contributed by atoms with Crippen LogP contribution in [0.2, 0.25) is 0 Å². The van der Waals surface area contributed by atoms with Gasteiger partial charge in [0.2, 0.25) is 5.91 Å². The molecule has 0 saturated carbocycles. The van der Waals surface area contributed by atoms with E-state index >= 15 is 0 Å². The Bertz CT molecular complexity index is 645. The van der Waals surface area contributed by atoms with Crippen LogP contribution in [0, 0.1) is 6.92 Å². The Hall–Kier alpha value is -1.64. The summed E-state index contributed by atoms with van der Waals surface area (Å²) >= 11 is 3.50. The highest BCUT2D eigenvalue weighted by Crippen LogP contribution is 2.15. The molecule has 150 valence electrons. The first-order valence-corrected chi connectivity index (χ1v) is 10.0. The van der Waals surface area contributed by atoms with Gasteiger partial charge in [-0.15, -0.1) is 0 Å². The van der Waals surface area contributed by atoms with Crippen molar-refractivity contribution in [3.05, 3.63) is 33.8 Å². The topological polar surface area (TPSA) is 69.2 Å². The minimum Gasteiger partial charge on any atom is -0.383 e. The van der Waals surface area contributed by atoms with Gasteiger partial charge >= 0.3 is 0 Å². The molecule has 0 radical (unpaired) electrons. The predicted molar refractivity (Wildman–Crippen MR) is 112 cm³/mol. The van der Waals surface area contributed by atoms with Gasteiger partial charge in [-0.3, -0.25) is 14.7 Å². The highest BCUT2D eigenvalue weighted by atomic mass is 79.9. The molecule has 0 bridgehead atoms. The van der Waals surface area contributed by atoms with Gasteiger partial charge in [0.15, 0.2) is 5.96 Å². The first kappa shape index (κ1) is 21.7. The number of guanidine groups is 1. The second kappa shape index (κ2) is 11.3. The quantitative estimate of drug-likeness (QED) is 0.379. The van der Waals surface area contributed by atoms with Crippen LogP contribution in [-0.2, 0) is 16.1 Å². The number of benzene rings is 1. The molecular formula is C19H30BrN5O2. The van der Waals surface area contributed by atoms with Crippen LogP contribution in [-0.4, -0.2) is 81.7 Å². The van der Waals surface area contributed by atoms with Crippen molar-refractivity contribution in [3.8, 4) is 0 Å². The number of aryl methyl sites for hydroxylation is 1. The first-order valence-electron chi connectivity index (χ1n) is 9.22. The number of nitrogens with one attached hydrogen (secondary N) is 2. The van der Waals surface area contributed by atoms with Crippen molar-refractivity contribution in [2.75, 3.05) is 60.0 Å². The molecule has 0 spiro atoms. The number of hydrogen-bond acceptors (Lipinski definition) is 4. The summed E-state index contributed by atoms with van der Waals surface area (Å²) in [6, 6.07) is 6.30. The number of aliphatic imine (C=N–C) groups is 1. The fourth-order valence-electron chi connectivity index (χ4n) is 3.03. The smallest absolute Gasteiger partial charge is 0.234 e. The lowest BCUT2D eigenvalue weighted by molar-refractivity contribution is -0.122. The molecule has 1 amide bonds. The molecule has 8 heteroatoms. The Labute approximate surface area is 170 Å². The van der Waals surface area contributed by atoms with Gasteiger partial charge in [-0.25, -0.2) is 0 Å².